The molecule has 0 atom stereocenters. The predicted octanol–water partition coefficient (Wildman–Crippen LogP) is 2.71. The molecule has 3 aromatic rings. The second kappa shape index (κ2) is 8.79. The van der Waals surface area contributed by atoms with E-state index >= 15 is 0 Å². The number of hydrogen-bond donors (Lipinski definition) is 3. The minimum Gasteiger partial charge on any atom is -0.395 e. The van der Waals surface area contributed by atoms with Crippen molar-refractivity contribution >= 4 is 28.2 Å². The second-order valence-corrected chi connectivity index (χ2v) is 6.84. The summed E-state index contributed by atoms with van der Waals surface area (Å²) in [5.74, 6) is 0. The van der Waals surface area contributed by atoms with E-state index in [1.165, 1.54) is 0 Å². The molecule has 1 aromatic heterocycles. The first-order valence-corrected chi connectivity index (χ1v) is 9.28. The summed E-state index contributed by atoms with van der Waals surface area (Å²) < 4.78 is 0. The van der Waals surface area contributed by atoms with Gasteiger partial charge in [0.25, 0.3) is 5.56 Å². The number of rotatable bonds is 6. The summed E-state index contributed by atoms with van der Waals surface area (Å²) in [5, 5.41) is 14.1. The highest BCUT2D eigenvalue weighted by Crippen LogP contribution is 2.15. The zero-order valence-corrected chi connectivity index (χ0v) is 16.1. The van der Waals surface area contributed by atoms with Crippen LogP contribution in [0.4, 0.5) is 0 Å². The molecule has 0 saturated carbocycles. The quantitative estimate of drug-likeness (QED) is 0.573. The van der Waals surface area contributed by atoms with Crippen molar-refractivity contribution in [3.63, 3.8) is 0 Å². The van der Waals surface area contributed by atoms with Crippen molar-refractivity contribution in [2.24, 2.45) is 0 Å². The standard InChI is InChI=1S/C21H23N3O2S/c1-15-6-5-9-17-12-18(20(26)23-19(15)17)14-24(10-11-25)21(27)22-13-16-7-3-2-4-8-16/h2-9,12,25H,10-11,13-14H2,1H3,(H,22,27)(H,23,26). The molecular weight excluding hydrogens is 358 g/mol. The normalized spacial score (nSPS) is 10.7. The monoisotopic (exact) mass is 381 g/mol. The molecule has 0 saturated heterocycles. The largest absolute Gasteiger partial charge is 0.395 e. The van der Waals surface area contributed by atoms with E-state index in [1.54, 1.807) is 0 Å². The van der Waals surface area contributed by atoms with Crippen LogP contribution in [0.15, 0.2) is 59.4 Å². The third-order valence-electron chi connectivity index (χ3n) is 4.47. The molecule has 3 rings (SSSR count). The van der Waals surface area contributed by atoms with Crippen LogP contribution in [0.3, 0.4) is 0 Å². The molecule has 0 radical (unpaired) electrons. The number of aromatic nitrogens is 1. The van der Waals surface area contributed by atoms with E-state index in [0.717, 1.165) is 22.0 Å². The number of aromatic amines is 1. The van der Waals surface area contributed by atoms with Crippen LogP contribution in [0.25, 0.3) is 10.9 Å². The van der Waals surface area contributed by atoms with Gasteiger partial charge in [0.2, 0.25) is 0 Å². The van der Waals surface area contributed by atoms with Crippen molar-refractivity contribution in [2.45, 2.75) is 20.0 Å². The molecule has 0 spiro atoms. The number of thiocarbonyl (C=S) groups is 1. The smallest absolute Gasteiger partial charge is 0.253 e. The minimum absolute atomic E-state index is 0.0439. The fourth-order valence-electron chi connectivity index (χ4n) is 3.01. The van der Waals surface area contributed by atoms with Gasteiger partial charge >= 0.3 is 0 Å². The van der Waals surface area contributed by atoms with E-state index in [9.17, 15) is 9.90 Å². The Morgan fingerprint density at radius 3 is 2.70 bits per heavy atom. The van der Waals surface area contributed by atoms with Gasteiger partial charge in [-0.05, 0) is 41.7 Å². The Morgan fingerprint density at radius 1 is 1.19 bits per heavy atom. The summed E-state index contributed by atoms with van der Waals surface area (Å²) in [6.07, 6.45) is 0. The Labute approximate surface area is 163 Å². The summed E-state index contributed by atoms with van der Waals surface area (Å²) >= 11 is 5.49. The first kappa shape index (κ1) is 19.1. The summed E-state index contributed by atoms with van der Waals surface area (Å²) in [4.78, 5) is 17.3. The molecule has 0 aliphatic carbocycles. The Kier molecular flexibility index (Phi) is 6.21. The topological polar surface area (TPSA) is 68.4 Å². The molecule has 0 amide bonds. The van der Waals surface area contributed by atoms with Crippen molar-refractivity contribution in [3.8, 4) is 0 Å². The van der Waals surface area contributed by atoms with Crippen molar-refractivity contribution in [1.82, 2.24) is 15.2 Å². The van der Waals surface area contributed by atoms with Crippen molar-refractivity contribution in [2.75, 3.05) is 13.2 Å². The highest BCUT2D eigenvalue weighted by atomic mass is 32.1. The van der Waals surface area contributed by atoms with Crippen LogP contribution in [0, 0.1) is 6.92 Å². The van der Waals surface area contributed by atoms with Crippen LogP contribution in [-0.4, -0.2) is 33.3 Å². The maximum absolute atomic E-state index is 12.5. The van der Waals surface area contributed by atoms with Crippen LogP contribution < -0.4 is 10.9 Å². The van der Waals surface area contributed by atoms with Gasteiger partial charge in [0.05, 0.1) is 18.7 Å². The minimum atomic E-state index is -0.134. The van der Waals surface area contributed by atoms with Crippen LogP contribution >= 0.6 is 12.2 Å². The molecule has 0 aliphatic heterocycles. The van der Waals surface area contributed by atoms with Crippen molar-refractivity contribution in [1.29, 1.82) is 0 Å². The molecule has 27 heavy (non-hydrogen) atoms. The summed E-state index contributed by atoms with van der Waals surface area (Å²) in [6, 6.07) is 17.8. The van der Waals surface area contributed by atoms with E-state index in [4.69, 9.17) is 12.2 Å². The maximum Gasteiger partial charge on any atom is 0.253 e. The fourth-order valence-corrected chi connectivity index (χ4v) is 3.24. The zero-order chi connectivity index (χ0) is 19.2. The Morgan fingerprint density at radius 2 is 1.96 bits per heavy atom. The number of aliphatic hydroxyl groups is 1. The Balaban J connectivity index is 1.77. The molecule has 0 unspecified atom stereocenters. The third-order valence-corrected chi connectivity index (χ3v) is 4.87. The van der Waals surface area contributed by atoms with Crippen LogP contribution in [-0.2, 0) is 13.1 Å². The molecule has 0 fully saturated rings. The fraction of sp³-hybridized carbons (Fsp3) is 0.238. The number of para-hydroxylation sites is 1. The van der Waals surface area contributed by atoms with Gasteiger partial charge in [0, 0.05) is 18.7 Å². The molecule has 6 heteroatoms. The molecule has 5 nitrogen and oxygen atoms in total. The van der Waals surface area contributed by atoms with E-state index in [0.29, 0.717) is 30.3 Å². The third kappa shape index (κ3) is 4.72. The molecule has 3 N–H and O–H groups in total. The number of aryl methyl sites for hydroxylation is 1. The first-order valence-electron chi connectivity index (χ1n) is 8.87. The molecule has 140 valence electrons. The van der Waals surface area contributed by atoms with Crippen molar-refractivity contribution in [3.05, 3.63) is 81.6 Å². The Hall–Kier alpha value is -2.70. The van der Waals surface area contributed by atoms with Gasteiger partial charge in [0.15, 0.2) is 5.11 Å². The maximum atomic E-state index is 12.5. The highest BCUT2D eigenvalue weighted by molar-refractivity contribution is 7.80. The van der Waals surface area contributed by atoms with Gasteiger partial charge in [-0.3, -0.25) is 4.79 Å². The average Bonchev–Trinajstić information content (AvgIpc) is 2.68. The number of fused-ring (bicyclic) bond motifs is 1. The number of aliphatic hydroxyl groups excluding tert-OH is 1. The number of nitrogens with one attached hydrogen (secondary N) is 2. The van der Waals surface area contributed by atoms with Gasteiger partial charge in [0.1, 0.15) is 0 Å². The van der Waals surface area contributed by atoms with Gasteiger partial charge in [-0.2, -0.15) is 0 Å². The zero-order valence-electron chi connectivity index (χ0n) is 15.2. The lowest BCUT2D eigenvalue weighted by Gasteiger charge is -2.25. The number of benzene rings is 2. The SMILES string of the molecule is Cc1cccc2cc(CN(CCO)C(=S)NCc3ccccc3)c(=O)[nH]c12. The predicted molar refractivity (Wildman–Crippen MR) is 113 cm³/mol. The summed E-state index contributed by atoms with van der Waals surface area (Å²) in [6.45, 7) is 3.21. The molecule has 0 bridgehead atoms. The van der Waals surface area contributed by atoms with Gasteiger partial charge in [-0.25, -0.2) is 0 Å². The van der Waals surface area contributed by atoms with E-state index in [1.807, 2.05) is 66.4 Å². The number of H-pyrrole nitrogens is 1. The van der Waals surface area contributed by atoms with Crippen LogP contribution in [0.2, 0.25) is 0 Å². The first-order chi connectivity index (χ1) is 13.1. The molecule has 2 aromatic carbocycles. The van der Waals surface area contributed by atoms with E-state index < -0.39 is 0 Å². The second-order valence-electron chi connectivity index (χ2n) is 6.45. The summed E-state index contributed by atoms with van der Waals surface area (Å²) in [5.41, 5.74) is 3.48. The van der Waals surface area contributed by atoms with Crippen molar-refractivity contribution < 1.29 is 5.11 Å². The van der Waals surface area contributed by atoms with Gasteiger partial charge < -0.3 is 20.3 Å². The molecule has 0 aliphatic rings. The molecule has 1 heterocycles. The number of nitrogens with zero attached hydrogens (tertiary/aromatic N) is 1. The number of hydrogen-bond acceptors (Lipinski definition) is 3. The lowest BCUT2D eigenvalue weighted by atomic mass is 10.1. The van der Waals surface area contributed by atoms with Gasteiger partial charge in [-0.15, -0.1) is 0 Å². The molecular formula is C21H23N3O2S. The summed E-state index contributed by atoms with van der Waals surface area (Å²) in [7, 11) is 0. The highest BCUT2D eigenvalue weighted by Gasteiger charge is 2.13. The lowest BCUT2D eigenvalue weighted by molar-refractivity contribution is 0.245. The van der Waals surface area contributed by atoms with Crippen LogP contribution in [0.5, 0.6) is 0 Å². The Bertz CT molecular complexity index is 986. The lowest BCUT2D eigenvalue weighted by Crippen LogP contribution is -2.41. The van der Waals surface area contributed by atoms with Crippen LogP contribution in [0.1, 0.15) is 16.7 Å². The van der Waals surface area contributed by atoms with E-state index in [2.05, 4.69) is 10.3 Å². The average molecular weight is 382 g/mol. The van der Waals surface area contributed by atoms with E-state index in [-0.39, 0.29) is 12.2 Å². The van der Waals surface area contributed by atoms with Gasteiger partial charge in [-0.1, -0.05) is 48.5 Å². The number of pyridine rings is 1.